The minimum Gasteiger partial charge on any atom is -0.388 e. The average Bonchev–Trinajstić information content (AvgIpc) is 3.42. The second kappa shape index (κ2) is 15.5. The fraction of sp³-hybridized carbons (Fsp3) is 0.424. The summed E-state index contributed by atoms with van der Waals surface area (Å²) in [6.07, 6.45) is 0.217. The summed E-state index contributed by atoms with van der Waals surface area (Å²) < 4.78 is 70.7. The fourth-order valence-corrected chi connectivity index (χ4v) is 5.35. The molecular formula is C33H40F5N7O. The van der Waals surface area contributed by atoms with Crippen LogP contribution in [0.2, 0.25) is 0 Å². The fourth-order valence-electron chi connectivity index (χ4n) is 5.35. The van der Waals surface area contributed by atoms with Gasteiger partial charge in [0.2, 0.25) is 0 Å². The molecule has 8 nitrogen and oxygen atoms in total. The molecule has 0 aliphatic carbocycles. The zero-order valence-corrected chi connectivity index (χ0v) is 25.9. The smallest absolute Gasteiger partial charge is 0.388 e. The van der Waals surface area contributed by atoms with Crippen LogP contribution in [0.5, 0.6) is 0 Å². The minimum absolute atomic E-state index is 0.183. The van der Waals surface area contributed by atoms with Gasteiger partial charge in [-0.2, -0.15) is 18.2 Å². The van der Waals surface area contributed by atoms with Crippen LogP contribution in [-0.4, -0.2) is 46.2 Å². The summed E-state index contributed by atoms with van der Waals surface area (Å²) in [6, 6.07) is 8.98. The van der Waals surface area contributed by atoms with Gasteiger partial charge < -0.3 is 21.8 Å². The van der Waals surface area contributed by atoms with E-state index in [1.165, 1.54) is 16.8 Å². The quantitative estimate of drug-likeness (QED) is 0.0518. The first-order chi connectivity index (χ1) is 21.9. The van der Waals surface area contributed by atoms with E-state index in [9.17, 15) is 22.4 Å². The third-order valence-corrected chi connectivity index (χ3v) is 7.68. The number of alkyl halides is 4. The maximum Gasteiger partial charge on any atom is 0.416 e. The highest BCUT2D eigenvalue weighted by molar-refractivity contribution is 5.83. The summed E-state index contributed by atoms with van der Waals surface area (Å²) in [5, 5.41) is 3.83. The monoisotopic (exact) mass is 645 g/mol. The molecule has 0 aliphatic rings. The topological polar surface area (TPSA) is 127 Å². The van der Waals surface area contributed by atoms with Gasteiger partial charge in [-0.05, 0) is 93.1 Å². The number of rotatable bonds is 15. The van der Waals surface area contributed by atoms with Gasteiger partial charge in [0, 0.05) is 41.5 Å². The van der Waals surface area contributed by atoms with Crippen LogP contribution >= 0.6 is 0 Å². The molecule has 0 spiro atoms. The van der Waals surface area contributed by atoms with E-state index in [0.717, 1.165) is 25.0 Å². The molecule has 2 heterocycles. The number of hydrogen-bond donors (Lipinski definition) is 4. The summed E-state index contributed by atoms with van der Waals surface area (Å²) in [5.41, 5.74) is 11.6. The van der Waals surface area contributed by atoms with Crippen LogP contribution in [0, 0.1) is 5.82 Å². The SMILES string of the molecule is CCCC(NCCCN=C(C)N)c1ccc(-n2cc3cc(-c4cc(CCCC(N)CF)cc(C(F)(F)F)c4)[nH]c3nc2=O)cc1F. The van der Waals surface area contributed by atoms with Gasteiger partial charge in [0.1, 0.15) is 18.1 Å². The predicted molar refractivity (Wildman–Crippen MR) is 171 cm³/mol. The lowest BCUT2D eigenvalue weighted by molar-refractivity contribution is -0.137. The summed E-state index contributed by atoms with van der Waals surface area (Å²) in [7, 11) is 0. The summed E-state index contributed by atoms with van der Waals surface area (Å²) in [4.78, 5) is 24.2. The molecule has 0 bridgehead atoms. The third kappa shape index (κ3) is 9.00. The van der Waals surface area contributed by atoms with E-state index in [1.54, 1.807) is 31.2 Å². The molecule has 6 N–H and O–H groups in total. The summed E-state index contributed by atoms with van der Waals surface area (Å²) in [5.74, 6) is 0.0316. The van der Waals surface area contributed by atoms with Gasteiger partial charge in [0.15, 0.2) is 0 Å². The number of H-pyrrole nitrogens is 1. The van der Waals surface area contributed by atoms with Gasteiger partial charge in [0.25, 0.3) is 0 Å². The van der Waals surface area contributed by atoms with E-state index in [2.05, 4.69) is 20.3 Å². The molecule has 0 fully saturated rings. The Morgan fingerprint density at radius 1 is 1.13 bits per heavy atom. The van der Waals surface area contributed by atoms with Crippen molar-refractivity contribution in [3.63, 3.8) is 0 Å². The molecule has 0 radical (unpaired) electrons. The van der Waals surface area contributed by atoms with Crippen molar-refractivity contribution >= 4 is 16.9 Å². The minimum atomic E-state index is -4.59. The number of amidine groups is 1. The van der Waals surface area contributed by atoms with Gasteiger partial charge in [-0.3, -0.25) is 9.56 Å². The molecule has 4 aromatic rings. The van der Waals surface area contributed by atoms with Crippen molar-refractivity contribution in [1.82, 2.24) is 19.9 Å². The Labute approximate surface area is 264 Å². The number of halogens is 5. The van der Waals surface area contributed by atoms with Crippen LogP contribution in [-0.2, 0) is 12.6 Å². The molecule has 13 heteroatoms. The lowest BCUT2D eigenvalue weighted by Gasteiger charge is -2.20. The molecule has 4 rings (SSSR count). The first-order valence-electron chi connectivity index (χ1n) is 15.3. The van der Waals surface area contributed by atoms with Crippen molar-refractivity contribution in [2.45, 2.75) is 70.6 Å². The molecule has 0 saturated heterocycles. The normalized spacial score (nSPS) is 13.8. The molecule has 2 aromatic carbocycles. The third-order valence-electron chi connectivity index (χ3n) is 7.68. The number of nitrogens with one attached hydrogen (secondary N) is 2. The Morgan fingerprint density at radius 2 is 1.91 bits per heavy atom. The van der Waals surface area contributed by atoms with Crippen LogP contribution in [0.3, 0.4) is 0 Å². The van der Waals surface area contributed by atoms with Crippen LogP contribution < -0.4 is 22.5 Å². The number of aromatic amines is 1. The molecule has 2 atom stereocenters. The number of aliphatic imine (C=N–C) groups is 1. The number of aryl methyl sites for hydroxylation is 1. The van der Waals surface area contributed by atoms with E-state index in [4.69, 9.17) is 11.5 Å². The van der Waals surface area contributed by atoms with Gasteiger partial charge in [-0.15, -0.1) is 0 Å². The molecular weight excluding hydrogens is 605 g/mol. The summed E-state index contributed by atoms with van der Waals surface area (Å²) in [6.45, 7) is 4.23. The number of fused-ring (bicyclic) bond motifs is 1. The first kappa shape index (κ1) is 34.8. The van der Waals surface area contributed by atoms with Crippen molar-refractivity contribution in [2.24, 2.45) is 16.5 Å². The van der Waals surface area contributed by atoms with Gasteiger partial charge in [0.05, 0.1) is 17.1 Å². The number of aromatic nitrogens is 3. The largest absolute Gasteiger partial charge is 0.416 e. The number of benzene rings is 2. The van der Waals surface area contributed by atoms with Crippen LogP contribution in [0.15, 0.2) is 58.4 Å². The highest BCUT2D eigenvalue weighted by atomic mass is 19.4. The molecule has 248 valence electrons. The van der Waals surface area contributed by atoms with E-state index in [1.807, 2.05) is 6.92 Å². The molecule has 2 unspecified atom stereocenters. The Hall–Kier alpha value is -4.10. The zero-order valence-electron chi connectivity index (χ0n) is 25.9. The Bertz CT molecular complexity index is 1710. The maximum absolute atomic E-state index is 15.4. The van der Waals surface area contributed by atoms with E-state index in [-0.39, 0.29) is 29.4 Å². The number of hydrogen-bond acceptors (Lipinski definition) is 5. The second-order valence-electron chi connectivity index (χ2n) is 11.5. The van der Waals surface area contributed by atoms with Crippen molar-refractivity contribution in [2.75, 3.05) is 19.8 Å². The van der Waals surface area contributed by atoms with Crippen molar-refractivity contribution in [3.05, 3.63) is 81.7 Å². The maximum atomic E-state index is 15.4. The van der Waals surface area contributed by atoms with Crippen molar-refractivity contribution < 1.29 is 22.0 Å². The zero-order chi connectivity index (χ0) is 33.4. The van der Waals surface area contributed by atoms with E-state index in [0.29, 0.717) is 60.4 Å². The second-order valence-corrected chi connectivity index (χ2v) is 11.5. The standard InChI is InChI=1S/C33H40F5N7O/c1-3-6-29(42-12-5-11-41-20(2)39)27-10-9-26(17-28(27)35)45-19-23-16-30(43-31(23)44-32(45)46)22-13-21(7-4-8-25(40)18-34)14-24(15-22)33(36,37)38/h9-10,13-17,19,25,29,42H,3-8,11-12,18,40H2,1-2H3,(H2,39,41)(H,43,44,46). The van der Waals surface area contributed by atoms with E-state index >= 15 is 4.39 Å². The van der Waals surface area contributed by atoms with Crippen LogP contribution in [0.4, 0.5) is 22.0 Å². The lowest BCUT2D eigenvalue weighted by atomic mass is 9.98. The summed E-state index contributed by atoms with van der Waals surface area (Å²) >= 11 is 0. The Kier molecular flexibility index (Phi) is 11.7. The van der Waals surface area contributed by atoms with Gasteiger partial charge in [-0.1, -0.05) is 19.4 Å². The Morgan fingerprint density at radius 3 is 2.59 bits per heavy atom. The molecule has 0 saturated carbocycles. The van der Waals surface area contributed by atoms with Crippen molar-refractivity contribution in [1.29, 1.82) is 0 Å². The van der Waals surface area contributed by atoms with Crippen molar-refractivity contribution in [3.8, 4) is 16.9 Å². The highest BCUT2D eigenvalue weighted by Crippen LogP contribution is 2.34. The van der Waals surface area contributed by atoms with E-state index < -0.39 is 36.0 Å². The lowest BCUT2D eigenvalue weighted by Crippen LogP contribution is -2.25. The van der Waals surface area contributed by atoms with Crippen LogP contribution in [0.1, 0.15) is 68.7 Å². The van der Waals surface area contributed by atoms with Crippen LogP contribution in [0.25, 0.3) is 28.0 Å². The first-order valence-corrected chi connectivity index (χ1v) is 15.3. The predicted octanol–water partition coefficient (Wildman–Crippen LogP) is 6.36. The van der Waals surface area contributed by atoms with Gasteiger partial charge >= 0.3 is 11.9 Å². The molecule has 46 heavy (non-hydrogen) atoms. The molecule has 0 aliphatic heterocycles. The van der Waals surface area contributed by atoms with Gasteiger partial charge in [-0.25, -0.2) is 13.6 Å². The highest BCUT2D eigenvalue weighted by Gasteiger charge is 2.31. The average molecular weight is 646 g/mol. The number of nitrogens with zero attached hydrogens (tertiary/aromatic N) is 3. The molecule has 2 aromatic heterocycles. The molecule has 0 amide bonds. The number of nitrogens with two attached hydrogens (primary N) is 2. The Balaban J connectivity index is 1.61.